The lowest BCUT2D eigenvalue weighted by atomic mass is 10.1. The molecule has 1 aromatic carbocycles. The number of ether oxygens (including phenoxy) is 1. The van der Waals surface area contributed by atoms with Crippen molar-refractivity contribution in [2.24, 2.45) is 0 Å². The highest BCUT2D eigenvalue weighted by Gasteiger charge is 2.24. The van der Waals surface area contributed by atoms with Gasteiger partial charge in [0.25, 0.3) is 10.0 Å². The molecule has 0 saturated carbocycles. The van der Waals surface area contributed by atoms with E-state index in [9.17, 15) is 13.2 Å². The highest BCUT2D eigenvalue weighted by atomic mass is 32.2. The number of pyridine rings is 1. The van der Waals surface area contributed by atoms with Crippen LogP contribution >= 0.6 is 0 Å². The van der Waals surface area contributed by atoms with Gasteiger partial charge in [0.1, 0.15) is 0 Å². The number of carbonyl (C=O) groups excluding carboxylic acids is 1. The minimum Gasteiger partial charge on any atom is -0.462 e. The molecular formula is C19H16N4O4S. The number of rotatable bonds is 5. The number of aromatic nitrogens is 4. The molecule has 4 rings (SSSR count). The van der Waals surface area contributed by atoms with Crippen LogP contribution in [0.15, 0.2) is 66.1 Å². The molecule has 0 saturated heterocycles. The second-order valence-corrected chi connectivity index (χ2v) is 7.77. The molecule has 0 atom stereocenters. The van der Waals surface area contributed by atoms with Gasteiger partial charge in [0.2, 0.25) is 0 Å². The summed E-state index contributed by atoms with van der Waals surface area (Å²) in [7, 11) is -3.87. The van der Waals surface area contributed by atoms with E-state index in [1.54, 1.807) is 43.6 Å². The zero-order valence-electron chi connectivity index (χ0n) is 14.9. The maximum absolute atomic E-state index is 13.2. The van der Waals surface area contributed by atoms with Crippen molar-refractivity contribution < 1.29 is 17.9 Å². The number of H-pyrrole nitrogens is 1. The molecule has 1 N–H and O–H groups in total. The summed E-state index contributed by atoms with van der Waals surface area (Å²) in [4.78, 5) is 16.5. The molecule has 9 heteroatoms. The molecular weight excluding hydrogens is 380 g/mol. The van der Waals surface area contributed by atoms with E-state index in [1.165, 1.54) is 24.5 Å². The molecule has 3 aromatic heterocycles. The van der Waals surface area contributed by atoms with E-state index in [2.05, 4.69) is 15.2 Å². The van der Waals surface area contributed by atoms with Crippen LogP contribution in [0.25, 0.3) is 22.2 Å². The normalized spacial score (nSPS) is 11.6. The van der Waals surface area contributed by atoms with Crippen LogP contribution in [0.3, 0.4) is 0 Å². The van der Waals surface area contributed by atoms with Gasteiger partial charge < -0.3 is 4.74 Å². The second kappa shape index (κ2) is 6.93. The van der Waals surface area contributed by atoms with Crippen LogP contribution in [0.1, 0.15) is 17.3 Å². The van der Waals surface area contributed by atoms with Crippen molar-refractivity contribution in [2.75, 3.05) is 6.61 Å². The Hall–Kier alpha value is -3.46. The third-order valence-electron chi connectivity index (χ3n) is 4.23. The highest BCUT2D eigenvalue weighted by molar-refractivity contribution is 7.90. The first kappa shape index (κ1) is 17.9. The number of aromatic amines is 1. The Morgan fingerprint density at radius 2 is 2.00 bits per heavy atom. The van der Waals surface area contributed by atoms with Gasteiger partial charge >= 0.3 is 5.97 Å². The van der Waals surface area contributed by atoms with Crippen molar-refractivity contribution in [3.63, 3.8) is 0 Å². The van der Waals surface area contributed by atoms with Crippen LogP contribution in [0.2, 0.25) is 0 Å². The first-order valence-electron chi connectivity index (χ1n) is 8.50. The van der Waals surface area contributed by atoms with Crippen LogP contribution in [0.4, 0.5) is 0 Å². The van der Waals surface area contributed by atoms with Gasteiger partial charge in [0, 0.05) is 35.1 Å². The van der Waals surface area contributed by atoms with Crippen LogP contribution in [-0.4, -0.2) is 40.1 Å². The van der Waals surface area contributed by atoms with Gasteiger partial charge in [-0.3, -0.25) is 5.10 Å². The number of nitrogens with zero attached hydrogens (tertiary/aromatic N) is 3. The predicted molar refractivity (Wildman–Crippen MR) is 102 cm³/mol. The van der Waals surface area contributed by atoms with E-state index < -0.39 is 16.0 Å². The smallest absolute Gasteiger partial charge is 0.339 e. The summed E-state index contributed by atoms with van der Waals surface area (Å²) in [6.45, 7) is 1.94. The maximum Gasteiger partial charge on any atom is 0.339 e. The number of fused-ring (bicyclic) bond motifs is 1. The number of hydrogen-bond acceptors (Lipinski definition) is 6. The SMILES string of the molecule is CCOC(=O)c1cnc2c(c1)c(-c1cn[nH]c1)cn2S(=O)(=O)c1ccccc1. The second-order valence-electron chi connectivity index (χ2n) is 5.96. The topological polar surface area (TPSA) is 107 Å². The lowest BCUT2D eigenvalue weighted by Crippen LogP contribution is -2.12. The third kappa shape index (κ3) is 2.95. The number of hydrogen-bond donors (Lipinski definition) is 1. The summed E-state index contributed by atoms with van der Waals surface area (Å²) in [5.41, 5.74) is 1.72. The van der Waals surface area contributed by atoms with E-state index >= 15 is 0 Å². The Bertz CT molecular complexity index is 1250. The van der Waals surface area contributed by atoms with E-state index in [-0.39, 0.29) is 22.7 Å². The third-order valence-corrected chi connectivity index (χ3v) is 5.90. The molecule has 0 aliphatic rings. The van der Waals surface area contributed by atoms with Crippen molar-refractivity contribution in [3.8, 4) is 11.1 Å². The van der Waals surface area contributed by atoms with Gasteiger partial charge in [-0.05, 0) is 25.1 Å². The van der Waals surface area contributed by atoms with Crippen LogP contribution < -0.4 is 0 Å². The van der Waals surface area contributed by atoms with Crippen molar-refractivity contribution in [2.45, 2.75) is 11.8 Å². The zero-order chi connectivity index (χ0) is 19.7. The summed E-state index contributed by atoms with van der Waals surface area (Å²) in [5, 5.41) is 7.14. The molecule has 0 aliphatic heterocycles. The Kier molecular flexibility index (Phi) is 4.44. The summed E-state index contributed by atoms with van der Waals surface area (Å²) >= 11 is 0. The van der Waals surface area contributed by atoms with Gasteiger partial charge in [-0.2, -0.15) is 5.10 Å². The minimum atomic E-state index is -3.87. The van der Waals surface area contributed by atoms with E-state index in [1.807, 2.05) is 0 Å². The van der Waals surface area contributed by atoms with Crippen molar-refractivity contribution in [1.82, 2.24) is 19.2 Å². The Morgan fingerprint density at radius 1 is 1.21 bits per heavy atom. The fourth-order valence-electron chi connectivity index (χ4n) is 2.92. The van der Waals surface area contributed by atoms with E-state index in [4.69, 9.17) is 4.74 Å². The Morgan fingerprint density at radius 3 is 2.68 bits per heavy atom. The van der Waals surface area contributed by atoms with Crippen LogP contribution in [0, 0.1) is 0 Å². The zero-order valence-corrected chi connectivity index (χ0v) is 15.7. The Labute approximate surface area is 160 Å². The fraction of sp³-hybridized carbons (Fsp3) is 0.105. The van der Waals surface area contributed by atoms with Gasteiger partial charge in [-0.1, -0.05) is 18.2 Å². The van der Waals surface area contributed by atoms with Crippen LogP contribution in [-0.2, 0) is 14.8 Å². The quantitative estimate of drug-likeness (QED) is 0.520. The summed E-state index contributed by atoms with van der Waals surface area (Å²) in [6, 6.07) is 9.67. The molecule has 4 aromatic rings. The maximum atomic E-state index is 13.2. The first-order valence-corrected chi connectivity index (χ1v) is 9.94. The van der Waals surface area contributed by atoms with Crippen LogP contribution in [0.5, 0.6) is 0 Å². The average molecular weight is 396 g/mol. The molecule has 0 radical (unpaired) electrons. The Balaban J connectivity index is 1.97. The van der Waals surface area contributed by atoms with Crippen molar-refractivity contribution in [1.29, 1.82) is 0 Å². The van der Waals surface area contributed by atoms with Crippen molar-refractivity contribution >= 4 is 27.0 Å². The number of carbonyl (C=O) groups is 1. The molecule has 142 valence electrons. The minimum absolute atomic E-state index is 0.141. The molecule has 0 spiro atoms. The molecule has 0 unspecified atom stereocenters. The fourth-order valence-corrected chi connectivity index (χ4v) is 4.27. The number of esters is 1. The monoisotopic (exact) mass is 396 g/mol. The first-order chi connectivity index (χ1) is 13.5. The van der Waals surface area contributed by atoms with Gasteiger partial charge in [-0.15, -0.1) is 0 Å². The van der Waals surface area contributed by atoms with Crippen molar-refractivity contribution in [3.05, 3.63) is 66.7 Å². The molecule has 0 amide bonds. The highest BCUT2D eigenvalue weighted by Crippen LogP contribution is 2.32. The standard InChI is InChI=1S/C19H16N4O4S/c1-2-27-19(24)13-8-16-17(14-10-21-22-11-14)12-23(18(16)20-9-13)28(25,26)15-6-4-3-5-7-15/h3-12H,2H2,1H3,(H,21,22). The molecule has 28 heavy (non-hydrogen) atoms. The lowest BCUT2D eigenvalue weighted by molar-refractivity contribution is 0.0526. The molecule has 3 heterocycles. The molecule has 0 bridgehead atoms. The number of benzene rings is 1. The average Bonchev–Trinajstić information content (AvgIpc) is 3.36. The largest absolute Gasteiger partial charge is 0.462 e. The van der Waals surface area contributed by atoms with Gasteiger partial charge in [0.05, 0.1) is 23.3 Å². The van der Waals surface area contributed by atoms with Gasteiger partial charge in [0.15, 0.2) is 5.65 Å². The molecule has 0 fully saturated rings. The number of nitrogens with one attached hydrogen (secondary N) is 1. The molecule has 8 nitrogen and oxygen atoms in total. The summed E-state index contributed by atoms with van der Waals surface area (Å²) in [6.07, 6.45) is 6.02. The predicted octanol–water partition coefficient (Wildman–Crippen LogP) is 2.84. The van der Waals surface area contributed by atoms with Gasteiger partial charge in [-0.25, -0.2) is 22.2 Å². The molecule has 0 aliphatic carbocycles. The van der Waals surface area contributed by atoms with E-state index in [0.29, 0.717) is 16.5 Å². The van der Waals surface area contributed by atoms with E-state index in [0.717, 1.165) is 3.97 Å². The lowest BCUT2D eigenvalue weighted by Gasteiger charge is -2.07. The summed E-state index contributed by atoms with van der Waals surface area (Å²) < 4.78 is 32.5. The summed E-state index contributed by atoms with van der Waals surface area (Å²) in [5.74, 6) is -0.520.